The number of benzene rings is 1. The first kappa shape index (κ1) is 23.0. The SMILES string of the molecule is CN=C(NCc1ccccc1CN1CCOCC1)NCC1CCN(CCOC)CC1. The molecule has 3 rings (SSSR count). The molecule has 2 N–H and O–H groups in total. The van der Waals surface area contributed by atoms with Crippen LogP contribution in [0.25, 0.3) is 0 Å². The third kappa shape index (κ3) is 7.54. The summed E-state index contributed by atoms with van der Waals surface area (Å²) >= 11 is 0. The summed E-state index contributed by atoms with van der Waals surface area (Å²) in [5.74, 6) is 1.59. The van der Waals surface area contributed by atoms with Crippen LogP contribution in [-0.4, -0.2) is 89.0 Å². The average molecular weight is 418 g/mol. The molecule has 0 saturated carbocycles. The van der Waals surface area contributed by atoms with Crippen LogP contribution in [-0.2, 0) is 22.6 Å². The lowest BCUT2D eigenvalue weighted by Crippen LogP contribution is -2.43. The van der Waals surface area contributed by atoms with Gasteiger partial charge in [0.15, 0.2) is 5.96 Å². The minimum Gasteiger partial charge on any atom is -0.383 e. The van der Waals surface area contributed by atoms with Crippen molar-refractivity contribution in [1.82, 2.24) is 20.4 Å². The van der Waals surface area contributed by atoms with E-state index in [1.54, 1.807) is 7.11 Å². The number of hydrogen-bond donors (Lipinski definition) is 2. The summed E-state index contributed by atoms with van der Waals surface area (Å²) in [5.41, 5.74) is 2.71. The maximum atomic E-state index is 5.47. The van der Waals surface area contributed by atoms with Gasteiger partial charge in [0.1, 0.15) is 0 Å². The minimum absolute atomic E-state index is 0.705. The first-order chi connectivity index (χ1) is 14.8. The van der Waals surface area contributed by atoms with Gasteiger partial charge in [-0.05, 0) is 43.0 Å². The van der Waals surface area contributed by atoms with E-state index < -0.39 is 0 Å². The molecule has 2 saturated heterocycles. The fraction of sp³-hybridized carbons (Fsp3) is 0.696. The largest absolute Gasteiger partial charge is 0.383 e. The smallest absolute Gasteiger partial charge is 0.191 e. The fourth-order valence-corrected chi connectivity index (χ4v) is 4.16. The molecule has 2 aliphatic heterocycles. The van der Waals surface area contributed by atoms with Crippen LogP contribution in [0.15, 0.2) is 29.3 Å². The molecule has 0 unspecified atom stereocenters. The van der Waals surface area contributed by atoms with Crippen molar-refractivity contribution in [1.29, 1.82) is 0 Å². The number of methoxy groups -OCH3 is 1. The summed E-state index contributed by atoms with van der Waals surface area (Å²) in [5, 5.41) is 7.05. The summed E-state index contributed by atoms with van der Waals surface area (Å²) in [4.78, 5) is 9.39. The third-order valence-electron chi connectivity index (χ3n) is 6.16. The maximum Gasteiger partial charge on any atom is 0.191 e. The van der Waals surface area contributed by atoms with Gasteiger partial charge in [-0.3, -0.25) is 9.89 Å². The number of ether oxygens (including phenoxy) is 2. The number of guanidine groups is 1. The predicted molar refractivity (Wildman–Crippen MR) is 122 cm³/mol. The molecule has 2 fully saturated rings. The molecule has 0 aliphatic carbocycles. The zero-order valence-electron chi connectivity index (χ0n) is 18.7. The van der Waals surface area contributed by atoms with Crippen molar-refractivity contribution in [2.75, 3.05) is 73.2 Å². The number of aliphatic imine (C=N–C) groups is 1. The van der Waals surface area contributed by atoms with Gasteiger partial charge in [-0.15, -0.1) is 0 Å². The minimum atomic E-state index is 0.705. The normalized spacial score (nSPS) is 19.7. The summed E-state index contributed by atoms with van der Waals surface area (Å²) in [6.45, 7) is 10.6. The molecule has 0 atom stereocenters. The lowest BCUT2D eigenvalue weighted by molar-refractivity contribution is 0.0341. The Morgan fingerprint density at radius 2 is 1.80 bits per heavy atom. The van der Waals surface area contributed by atoms with Crippen molar-refractivity contribution < 1.29 is 9.47 Å². The van der Waals surface area contributed by atoms with Crippen LogP contribution >= 0.6 is 0 Å². The summed E-state index contributed by atoms with van der Waals surface area (Å²) < 4.78 is 10.7. The second kappa shape index (κ2) is 12.9. The van der Waals surface area contributed by atoms with Gasteiger partial charge in [0.05, 0.1) is 19.8 Å². The first-order valence-corrected chi connectivity index (χ1v) is 11.3. The van der Waals surface area contributed by atoms with E-state index >= 15 is 0 Å². The standard InChI is InChI=1S/C23H39N5O2/c1-24-23(25-17-20-7-9-27(10-8-20)11-14-29-2)26-18-21-5-3-4-6-22(21)19-28-12-15-30-16-13-28/h3-6,20H,7-19H2,1-2H3,(H2,24,25,26). The molecular weight excluding hydrogens is 378 g/mol. The predicted octanol–water partition coefficient (Wildman–Crippen LogP) is 1.54. The van der Waals surface area contributed by atoms with Gasteiger partial charge >= 0.3 is 0 Å². The Bertz CT molecular complexity index is 640. The topological polar surface area (TPSA) is 61.4 Å². The van der Waals surface area contributed by atoms with Crippen LogP contribution in [0.5, 0.6) is 0 Å². The molecule has 168 valence electrons. The summed E-state index contributed by atoms with van der Waals surface area (Å²) in [7, 11) is 3.62. The number of nitrogens with zero attached hydrogens (tertiary/aromatic N) is 3. The van der Waals surface area contributed by atoms with E-state index in [0.717, 1.165) is 78.1 Å². The van der Waals surface area contributed by atoms with Gasteiger partial charge in [-0.2, -0.15) is 0 Å². The van der Waals surface area contributed by atoms with E-state index in [4.69, 9.17) is 9.47 Å². The molecule has 0 radical (unpaired) electrons. The van der Waals surface area contributed by atoms with Gasteiger partial charge in [0.25, 0.3) is 0 Å². The van der Waals surface area contributed by atoms with E-state index in [9.17, 15) is 0 Å². The van der Waals surface area contributed by atoms with Crippen LogP contribution in [0.1, 0.15) is 24.0 Å². The van der Waals surface area contributed by atoms with Gasteiger partial charge in [-0.25, -0.2) is 0 Å². The molecule has 1 aromatic rings. The first-order valence-electron chi connectivity index (χ1n) is 11.3. The lowest BCUT2D eigenvalue weighted by atomic mass is 9.97. The Hall–Kier alpha value is -1.67. The van der Waals surface area contributed by atoms with E-state index in [1.807, 2.05) is 7.05 Å². The van der Waals surface area contributed by atoms with Crippen LogP contribution in [0.4, 0.5) is 0 Å². The van der Waals surface area contributed by atoms with Gasteiger partial charge in [0.2, 0.25) is 0 Å². The van der Waals surface area contributed by atoms with Crippen molar-refractivity contribution in [3.8, 4) is 0 Å². The highest BCUT2D eigenvalue weighted by molar-refractivity contribution is 5.79. The van der Waals surface area contributed by atoms with E-state index in [-0.39, 0.29) is 0 Å². The van der Waals surface area contributed by atoms with Crippen molar-refractivity contribution >= 4 is 5.96 Å². The Labute approximate surface area is 181 Å². The quantitative estimate of drug-likeness (QED) is 0.470. The third-order valence-corrected chi connectivity index (χ3v) is 6.16. The molecule has 2 heterocycles. The van der Waals surface area contributed by atoms with Crippen LogP contribution in [0.2, 0.25) is 0 Å². The number of likely N-dealkylation sites (tertiary alicyclic amines) is 1. The zero-order valence-corrected chi connectivity index (χ0v) is 18.7. The molecule has 0 amide bonds. The molecule has 0 spiro atoms. The number of hydrogen-bond acceptors (Lipinski definition) is 5. The summed E-state index contributed by atoms with van der Waals surface area (Å²) in [6.07, 6.45) is 2.46. The van der Waals surface area contributed by atoms with Crippen LogP contribution < -0.4 is 10.6 Å². The highest BCUT2D eigenvalue weighted by Crippen LogP contribution is 2.16. The van der Waals surface area contributed by atoms with Crippen molar-refractivity contribution in [2.24, 2.45) is 10.9 Å². The monoisotopic (exact) mass is 417 g/mol. The Kier molecular flexibility index (Phi) is 9.89. The van der Waals surface area contributed by atoms with Gasteiger partial charge in [0, 0.05) is 53.4 Å². The Morgan fingerprint density at radius 3 is 2.50 bits per heavy atom. The molecule has 1 aromatic carbocycles. The Morgan fingerprint density at radius 1 is 1.07 bits per heavy atom. The van der Waals surface area contributed by atoms with E-state index in [2.05, 4.69) is 49.7 Å². The number of morpholine rings is 1. The van der Waals surface area contributed by atoms with Gasteiger partial charge in [-0.1, -0.05) is 24.3 Å². The van der Waals surface area contributed by atoms with Crippen LogP contribution in [0.3, 0.4) is 0 Å². The summed E-state index contributed by atoms with van der Waals surface area (Å²) in [6, 6.07) is 8.70. The molecule has 30 heavy (non-hydrogen) atoms. The highest BCUT2D eigenvalue weighted by atomic mass is 16.5. The van der Waals surface area contributed by atoms with Crippen LogP contribution in [0, 0.1) is 5.92 Å². The highest BCUT2D eigenvalue weighted by Gasteiger charge is 2.19. The number of nitrogens with one attached hydrogen (secondary N) is 2. The fourth-order valence-electron chi connectivity index (χ4n) is 4.16. The maximum absolute atomic E-state index is 5.47. The van der Waals surface area contributed by atoms with E-state index in [1.165, 1.54) is 24.0 Å². The van der Waals surface area contributed by atoms with Crippen molar-refractivity contribution in [3.05, 3.63) is 35.4 Å². The molecular formula is C23H39N5O2. The average Bonchev–Trinajstić information content (AvgIpc) is 2.80. The second-order valence-electron chi connectivity index (χ2n) is 8.24. The van der Waals surface area contributed by atoms with Gasteiger partial charge < -0.3 is 25.0 Å². The second-order valence-corrected chi connectivity index (χ2v) is 8.24. The molecule has 0 aromatic heterocycles. The van der Waals surface area contributed by atoms with Crippen molar-refractivity contribution in [3.63, 3.8) is 0 Å². The zero-order chi connectivity index (χ0) is 21.0. The van der Waals surface area contributed by atoms with E-state index in [0.29, 0.717) is 5.92 Å². The van der Waals surface area contributed by atoms with Crippen molar-refractivity contribution in [2.45, 2.75) is 25.9 Å². The molecule has 7 heteroatoms. The number of piperidine rings is 1. The number of rotatable bonds is 9. The Balaban J connectivity index is 1.41. The molecule has 2 aliphatic rings. The molecule has 0 bridgehead atoms. The molecule has 7 nitrogen and oxygen atoms in total. The lowest BCUT2D eigenvalue weighted by Gasteiger charge is -2.32.